The van der Waals surface area contributed by atoms with Crippen LogP contribution in [0.4, 0.5) is 30.4 Å². The summed E-state index contributed by atoms with van der Waals surface area (Å²) in [6.07, 6.45) is 1.30. The van der Waals surface area contributed by atoms with E-state index in [0.717, 1.165) is 0 Å². The van der Waals surface area contributed by atoms with Gasteiger partial charge in [0.25, 0.3) is 0 Å². The molecule has 0 aliphatic rings. The SMILES string of the molecule is Nc1cnc(Nc2cc(F)c(F)cc2F)c(Cl)c1. The van der Waals surface area contributed by atoms with E-state index in [9.17, 15) is 13.2 Å². The minimum absolute atomic E-state index is 0.0933. The van der Waals surface area contributed by atoms with Crippen LogP contribution in [0.25, 0.3) is 0 Å². The lowest BCUT2D eigenvalue weighted by Crippen LogP contribution is -2.00. The Kier molecular flexibility index (Phi) is 3.29. The van der Waals surface area contributed by atoms with Gasteiger partial charge in [-0.05, 0) is 6.07 Å². The van der Waals surface area contributed by atoms with Gasteiger partial charge in [0.15, 0.2) is 11.6 Å². The molecule has 1 aromatic heterocycles. The van der Waals surface area contributed by atoms with E-state index in [1.165, 1.54) is 12.3 Å². The number of pyridine rings is 1. The highest BCUT2D eigenvalue weighted by Gasteiger charge is 2.11. The zero-order valence-corrected chi connectivity index (χ0v) is 9.60. The van der Waals surface area contributed by atoms with Crippen LogP contribution < -0.4 is 11.1 Å². The van der Waals surface area contributed by atoms with Crippen molar-refractivity contribution in [1.82, 2.24) is 4.98 Å². The van der Waals surface area contributed by atoms with E-state index >= 15 is 0 Å². The Morgan fingerprint density at radius 3 is 2.39 bits per heavy atom. The van der Waals surface area contributed by atoms with Crippen LogP contribution in [0.5, 0.6) is 0 Å². The Balaban J connectivity index is 2.37. The molecule has 0 bridgehead atoms. The van der Waals surface area contributed by atoms with Crippen LogP contribution in [0.3, 0.4) is 0 Å². The van der Waals surface area contributed by atoms with Gasteiger partial charge in [-0.3, -0.25) is 0 Å². The second-order valence-electron chi connectivity index (χ2n) is 3.47. The smallest absolute Gasteiger partial charge is 0.161 e. The van der Waals surface area contributed by atoms with E-state index in [2.05, 4.69) is 10.3 Å². The fraction of sp³-hybridized carbons (Fsp3) is 0. The minimum Gasteiger partial charge on any atom is -0.397 e. The number of aromatic nitrogens is 1. The van der Waals surface area contributed by atoms with E-state index in [4.69, 9.17) is 17.3 Å². The zero-order valence-electron chi connectivity index (χ0n) is 8.85. The van der Waals surface area contributed by atoms with Crippen LogP contribution >= 0.6 is 11.6 Å². The van der Waals surface area contributed by atoms with Crippen LogP contribution in [0.15, 0.2) is 24.4 Å². The van der Waals surface area contributed by atoms with Crippen molar-refractivity contribution in [1.29, 1.82) is 0 Å². The number of nitrogens with two attached hydrogens (primary N) is 1. The first-order valence-corrected chi connectivity index (χ1v) is 5.18. The van der Waals surface area contributed by atoms with Crippen molar-refractivity contribution in [2.45, 2.75) is 0 Å². The highest BCUT2D eigenvalue weighted by molar-refractivity contribution is 6.33. The first-order chi connectivity index (χ1) is 8.47. The number of halogens is 4. The van der Waals surface area contributed by atoms with Gasteiger partial charge in [0.2, 0.25) is 0 Å². The molecule has 94 valence electrons. The molecule has 1 aromatic carbocycles. The molecule has 0 atom stereocenters. The summed E-state index contributed by atoms with van der Waals surface area (Å²) in [6.45, 7) is 0. The number of rotatable bonds is 2. The molecule has 18 heavy (non-hydrogen) atoms. The summed E-state index contributed by atoms with van der Waals surface area (Å²) in [5, 5.41) is 2.59. The number of nitrogens with zero attached hydrogens (tertiary/aromatic N) is 1. The summed E-state index contributed by atoms with van der Waals surface area (Å²) in [5.74, 6) is -3.31. The molecular formula is C11H7ClF3N3. The normalized spacial score (nSPS) is 10.4. The fourth-order valence-corrected chi connectivity index (χ4v) is 1.51. The average Bonchev–Trinajstić information content (AvgIpc) is 2.29. The Bertz CT molecular complexity index is 604. The van der Waals surface area contributed by atoms with Gasteiger partial charge in [0.05, 0.1) is 22.6 Å². The molecule has 3 nitrogen and oxygen atoms in total. The molecule has 3 N–H and O–H groups in total. The van der Waals surface area contributed by atoms with Gasteiger partial charge >= 0.3 is 0 Å². The molecule has 0 aliphatic carbocycles. The molecule has 0 fully saturated rings. The molecule has 0 amide bonds. The van der Waals surface area contributed by atoms with Crippen molar-refractivity contribution >= 4 is 28.8 Å². The summed E-state index contributed by atoms with van der Waals surface area (Å²) in [7, 11) is 0. The highest BCUT2D eigenvalue weighted by Crippen LogP contribution is 2.27. The van der Waals surface area contributed by atoms with Crippen molar-refractivity contribution in [2.24, 2.45) is 0 Å². The number of hydrogen-bond acceptors (Lipinski definition) is 3. The predicted octanol–water partition coefficient (Wildman–Crippen LogP) is 3.48. The first kappa shape index (κ1) is 12.5. The summed E-state index contributed by atoms with van der Waals surface area (Å²) >= 11 is 5.81. The Labute approximate surface area is 105 Å². The molecular weight excluding hydrogens is 267 g/mol. The molecule has 0 saturated carbocycles. The molecule has 2 rings (SSSR count). The lowest BCUT2D eigenvalue weighted by Gasteiger charge is -2.09. The number of nitrogen functional groups attached to an aromatic ring is 1. The second-order valence-corrected chi connectivity index (χ2v) is 3.88. The van der Waals surface area contributed by atoms with Crippen molar-refractivity contribution in [2.75, 3.05) is 11.1 Å². The van der Waals surface area contributed by atoms with E-state index < -0.39 is 17.5 Å². The fourth-order valence-electron chi connectivity index (χ4n) is 1.29. The molecule has 0 aliphatic heterocycles. The van der Waals surface area contributed by atoms with Gasteiger partial charge in [-0.15, -0.1) is 0 Å². The Hall–Kier alpha value is -1.95. The average molecular weight is 274 g/mol. The second kappa shape index (κ2) is 4.73. The third kappa shape index (κ3) is 2.48. The van der Waals surface area contributed by atoms with Crippen LogP contribution in [0.1, 0.15) is 0 Å². The highest BCUT2D eigenvalue weighted by atomic mass is 35.5. The molecule has 1 heterocycles. The summed E-state index contributed by atoms with van der Waals surface area (Å²) in [6, 6.07) is 2.51. The van der Waals surface area contributed by atoms with Crippen LogP contribution in [-0.2, 0) is 0 Å². The zero-order chi connectivity index (χ0) is 13.3. The minimum atomic E-state index is -1.27. The summed E-state index contributed by atoms with van der Waals surface area (Å²) < 4.78 is 39.1. The quantitative estimate of drug-likeness (QED) is 0.824. The maximum Gasteiger partial charge on any atom is 0.161 e. The topological polar surface area (TPSA) is 50.9 Å². The number of benzene rings is 1. The molecule has 0 saturated heterocycles. The lowest BCUT2D eigenvalue weighted by molar-refractivity contribution is 0.496. The largest absolute Gasteiger partial charge is 0.397 e. The maximum absolute atomic E-state index is 13.4. The van der Waals surface area contributed by atoms with Gasteiger partial charge < -0.3 is 11.1 Å². The van der Waals surface area contributed by atoms with E-state index in [0.29, 0.717) is 17.8 Å². The van der Waals surface area contributed by atoms with Gasteiger partial charge in [0.1, 0.15) is 11.6 Å². The van der Waals surface area contributed by atoms with Crippen molar-refractivity contribution in [3.8, 4) is 0 Å². The van der Waals surface area contributed by atoms with E-state index in [-0.39, 0.29) is 16.5 Å². The Morgan fingerprint density at radius 1 is 1.06 bits per heavy atom. The maximum atomic E-state index is 13.4. The monoisotopic (exact) mass is 273 g/mol. The third-order valence-electron chi connectivity index (χ3n) is 2.13. The van der Waals surface area contributed by atoms with E-state index in [1.54, 1.807) is 0 Å². The standard InChI is InChI=1S/C11H7ClF3N3/c12-6-1-5(16)4-17-11(6)18-10-3-8(14)7(13)2-9(10)15/h1-4H,16H2,(H,17,18). The van der Waals surface area contributed by atoms with Crippen molar-refractivity contribution in [3.63, 3.8) is 0 Å². The Morgan fingerprint density at radius 2 is 1.72 bits per heavy atom. The predicted molar refractivity (Wildman–Crippen MR) is 63.3 cm³/mol. The summed E-state index contributed by atoms with van der Waals surface area (Å²) in [5.41, 5.74) is 5.50. The first-order valence-electron chi connectivity index (χ1n) is 4.80. The van der Waals surface area contributed by atoms with Crippen molar-refractivity contribution in [3.05, 3.63) is 46.9 Å². The van der Waals surface area contributed by atoms with Crippen molar-refractivity contribution < 1.29 is 13.2 Å². The number of hydrogen-bond donors (Lipinski definition) is 2. The van der Waals surface area contributed by atoms with Gasteiger partial charge in [0, 0.05) is 12.1 Å². The molecule has 0 unspecified atom stereocenters. The van der Waals surface area contributed by atoms with Crippen LogP contribution in [0, 0.1) is 17.5 Å². The number of anilines is 3. The van der Waals surface area contributed by atoms with Gasteiger partial charge in [-0.1, -0.05) is 11.6 Å². The number of nitrogens with one attached hydrogen (secondary N) is 1. The molecule has 0 radical (unpaired) electrons. The molecule has 2 aromatic rings. The van der Waals surface area contributed by atoms with Gasteiger partial charge in [-0.2, -0.15) is 0 Å². The van der Waals surface area contributed by atoms with Gasteiger partial charge in [-0.25, -0.2) is 18.2 Å². The third-order valence-corrected chi connectivity index (χ3v) is 2.41. The molecule has 0 spiro atoms. The van der Waals surface area contributed by atoms with E-state index in [1.807, 2.05) is 0 Å². The lowest BCUT2D eigenvalue weighted by atomic mass is 10.2. The summed E-state index contributed by atoms with van der Waals surface area (Å²) in [4.78, 5) is 3.82. The van der Waals surface area contributed by atoms with Crippen LogP contribution in [0.2, 0.25) is 5.02 Å². The van der Waals surface area contributed by atoms with Crippen LogP contribution in [-0.4, -0.2) is 4.98 Å². The molecule has 7 heteroatoms.